The molecule has 1 aromatic carbocycles. The molecule has 0 atom stereocenters. The number of amides is 1. The Bertz CT molecular complexity index is 738. The second-order valence-corrected chi connectivity index (χ2v) is 7.31. The van der Waals surface area contributed by atoms with Crippen molar-refractivity contribution in [3.63, 3.8) is 0 Å². The third kappa shape index (κ3) is 4.53. The van der Waals surface area contributed by atoms with Gasteiger partial charge in [-0.25, -0.2) is 0 Å². The van der Waals surface area contributed by atoms with Crippen molar-refractivity contribution < 1.29 is 4.79 Å². The first-order valence-electron chi connectivity index (χ1n) is 9.43. The molecule has 1 amide bonds. The summed E-state index contributed by atoms with van der Waals surface area (Å²) in [5.41, 5.74) is 0.754. The summed E-state index contributed by atoms with van der Waals surface area (Å²) in [6, 6.07) is 11.9. The van der Waals surface area contributed by atoms with E-state index in [0.717, 1.165) is 43.4 Å². The number of anilines is 2. The van der Waals surface area contributed by atoms with E-state index in [0.29, 0.717) is 13.1 Å². The topological polar surface area (TPSA) is 52.6 Å². The second kappa shape index (κ2) is 9.08. The number of benzene rings is 1. The molecule has 27 heavy (non-hydrogen) atoms. The lowest BCUT2D eigenvalue weighted by Crippen LogP contribution is -2.49. The average Bonchev–Trinajstić information content (AvgIpc) is 2.75. The lowest BCUT2D eigenvalue weighted by Gasteiger charge is -2.35. The van der Waals surface area contributed by atoms with Crippen molar-refractivity contribution in [1.29, 1.82) is 0 Å². The molecule has 1 saturated heterocycles. The molecule has 7 heteroatoms. The van der Waals surface area contributed by atoms with Crippen LogP contribution in [0.3, 0.4) is 0 Å². The van der Waals surface area contributed by atoms with Crippen molar-refractivity contribution in [3.8, 4) is 0 Å². The molecular formula is C20H27N5OS. The zero-order valence-corrected chi connectivity index (χ0v) is 17.1. The first kappa shape index (κ1) is 19.5. The first-order valence-corrected chi connectivity index (χ1v) is 10.7. The molecule has 1 aliphatic rings. The summed E-state index contributed by atoms with van der Waals surface area (Å²) in [4.78, 5) is 20.2. The molecule has 2 heterocycles. The third-order valence-electron chi connectivity index (χ3n) is 4.95. The fourth-order valence-electron chi connectivity index (χ4n) is 3.26. The van der Waals surface area contributed by atoms with Crippen LogP contribution in [0.25, 0.3) is 0 Å². The standard InChI is InChI=1S/C20H27N5OS/c1-4-23(5-2)18-10-11-19(22-21-18)24-12-14-25(15-13-24)20(26)16-6-8-17(27-3)9-7-16/h6-11H,4-5,12-15H2,1-3H3. The van der Waals surface area contributed by atoms with Gasteiger partial charge in [0, 0.05) is 49.7 Å². The predicted octanol–water partition coefficient (Wildman–Crippen LogP) is 3.01. The Labute approximate surface area is 165 Å². The zero-order chi connectivity index (χ0) is 19.2. The predicted molar refractivity (Wildman–Crippen MR) is 112 cm³/mol. The SMILES string of the molecule is CCN(CC)c1ccc(N2CCN(C(=O)c3ccc(SC)cc3)CC2)nn1. The summed E-state index contributed by atoms with van der Waals surface area (Å²) in [5, 5.41) is 8.76. The van der Waals surface area contributed by atoms with Crippen LogP contribution in [0.4, 0.5) is 11.6 Å². The largest absolute Gasteiger partial charge is 0.356 e. The van der Waals surface area contributed by atoms with Crippen molar-refractivity contribution >= 4 is 29.3 Å². The van der Waals surface area contributed by atoms with Crippen molar-refractivity contribution in [3.05, 3.63) is 42.0 Å². The number of thioether (sulfide) groups is 1. The molecule has 1 fully saturated rings. The summed E-state index contributed by atoms with van der Waals surface area (Å²) >= 11 is 1.68. The highest BCUT2D eigenvalue weighted by Crippen LogP contribution is 2.19. The Hall–Kier alpha value is -2.28. The van der Waals surface area contributed by atoms with Crippen molar-refractivity contribution in [2.75, 3.05) is 55.3 Å². The van der Waals surface area contributed by atoms with Crippen LogP contribution in [-0.4, -0.2) is 66.5 Å². The maximum absolute atomic E-state index is 12.7. The molecule has 2 aromatic rings. The van der Waals surface area contributed by atoms with E-state index in [9.17, 15) is 4.79 Å². The fraction of sp³-hybridized carbons (Fsp3) is 0.450. The number of carbonyl (C=O) groups excluding carboxylic acids is 1. The van der Waals surface area contributed by atoms with Crippen molar-refractivity contribution in [2.45, 2.75) is 18.7 Å². The maximum atomic E-state index is 12.7. The number of hydrogen-bond donors (Lipinski definition) is 0. The van der Waals surface area contributed by atoms with Crippen LogP contribution in [0, 0.1) is 0 Å². The van der Waals surface area contributed by atoms with Gasteiger partial charge in [0.2, 0.25) is 0 Å². The number of aromatic nitrogens is 2. The average molecular weight is 386 g/mol. The van der Waals surface area contributed by atoms with Gasteiger partial charge in [0.05, 0.1) is 0 Å². The van der Waals surface area contributed by atoms with Crippen LogP contribution in [0.1, 0.15) is 24.2 Å². The Kier molecular flexibility index (Phi) is 6.55. The molecule has 0 bridgehead atoms. The first-order chi connectivity index (χ1) is 13.2. The molecule has 3 rings (SSSR count). The number of nitrogens with zero attached hydrogens (tertiary/aromatic N) is 5. The van der Waals surface area contributed by atoms with E-state index in [4.69, 9.17) is 0 Å². The summed E-state index contributed by atoms with van der Waals surface area (Å²) < 4.78 is 0. The van der Waals surface area contributed by atoms with Crippen LogP contribution in [-0.2, 0) is 0 Å². The Balaban J connectivity index is 1.58. The van der Waals surface area contributed by atoms with Gasteiger partial charge in [0.1, 0.15) is 0 Å². The summed E-state index contributed by atoms with van der Waals surface area (Å²) in [5.74, 6) is 1.89. The molecular weight excluding hydrogens is 358 g/mol. The summed E-state index contributed by atoms with van der Waals surface area (Å²) in [7, 11) is 0. The molecule has 0 N–H and O–H groups in total. The lowest BCUT2D eigenvalue weighted by atomic mass is 10.2. The molecule has 6 nitrogen and oxygen atoms in total. The second-order valence-electron chi connectivity index (χ2n) is 6.43. The summed E-state index contributed by atoms with van der Waals surface area (Å²) in [6.45, 7) is 9.01. The minimum absolute atomic E-state index is 0.102. The number of rotatable bonds is 6. The van der Waals surface area contributed by atoms with Gasteiger partial charge in [0.15, 0.2) is 11.6 Å². The van der Waals surface area contributed by atoms with Crippen LogP contribution < -0.4 is 9.80 Å². The minimum Gasteiger partial charge on any atom is -0.356 e. The van der Waals surface area contributed by atoms with Gasteiger partial charge in [-0.1, -0.05) is 0 Å². The van der Waals surface area contributed by atoms with E-state index in [-0.39, 0.29) is 5.91 Å². The zero-order valence-electron chi connectivity index (χ0n) is 16.3. The maximum Gasteiger partial charge on any atom is 0.253 e. The third-order valence-corrected chi connectivity index (χ3v) is 5.70. The van der Waals surface area contributed by atoms with Gasteiger partial charge < -0.3 is 14.7 Å². The van der Waals surface area contributed by atoms with Gasteiger partial charge in [0.25, 0.3) is 5.91 Å². The highest BCUT2D eigenvalue weighted by atomic mass is 32.2. The van der Waals surface area contributed by atoms with E-state index in [1.807, 2.05) is 47.6 Å². The highest BCUT2D eigenvalue weighted by molar-refractivity contribution is 7.98. The van der Waals surface area contributed by atoms with Crippen LogP contribution in [0.5, 0.6) is 0 Å². The van der Waals surface area contributed by atoms with Crippen molar-refractivity contribution in [1.82, 2.24) is 15.1 Å². The van der Waals surface area contributed by atoms with E-state index in [2.05, 4.69) is 33.8 Å². The van der Waals surface area contributed by atoms with E-state index >= 15 is 0 Å². The van der Waals surface area contributed by atoms with Gasteiger partial charge >= 0.3 is 0 Å². The van der Waals surface area contributed by atoms with Crippen LogP contribution >= 0.6 is 11.8 Å². The molecule has 144 valence electrons. The molecule has 0 aliphatic carbocycles. The van der Waals surface area contributed by atoms with Crippen LogP contribution in [0.2, 0.25) is 0 Å². The fourth-order valence-corrected chi connectivity index (χ4v) is 3.67. The molecule has 0 saturated carbocycles. The van der Waals surface area contributed by atoms with E-state index in [1.165, 1.54) is 4.90 Å². The summed E-state index contributed by atoms with van der Waals surface area (Å²) in [6.07, 6.45) is 2.04. The van der Waals surface area contributed by atoms with Gasteiger partial charge in [-0.15, -0.1) is 22.0 Å². The van der Waals surface area contributed by atoms with Crippen molar-refractivity contribution in [2.24, 2.45) is 0 Å². The van der Waals surface area contributed by atoms with Gasteiger partial charge in [-0.05, 0) is 56.5 Å². The molecule has 0 radical (unpaired) electrons. The van der Waals surface area contributed by atoms with Gasteiger partial charge in [-0.3, -0.25) is 4.79 Å². The number of carbonyl (C=O) groups is 1. The molecule has 0 unspecified atom stereocenters. The van der Waals surface area contributed by atoms with E-state index < -0.39 is 0 Å². The Morgan fingerprint density at radius 3 is 2.19 bits per heavy atom. The quantitative estimate of drug-likeness (QED) is 0.713. The highest BCUT2D eigenvalue weighted by Gasteiger charge is 2.23. The van der Waals surface area contributed by atoms with Gasteiger partial charge in [-0.2, -0.15) is 0 Å². The smallest absolute Gasteiger partial charge is 0.253 e. The Morgan fingerprint density at radius 2 is 1.67 bits per heavy atom. The molecule has 1 aliphatic heterocycles. The normalized spacial score (nSPS) is 14.3. The van der Waals surface area contributed by atoms with Crippen LogP contribution in [0.15, 0.2) is 41.3 Å². The number of piperazine rings is 1. The molecule has 1 aromatic heterocycles. The minimum atomic E-state index is 0.102. The Morgan fingerprint density at radius 1 is 1.00 bits per heavy atom. The monoisotopic (exact) mass is 385 g/mol. The lowest BCUT2D eigenvalue weighted by molar-refractivity contribution is 0.0746. The molecule has 0 spiro atoms. The van der Waals surface area contributed by atoms with E-state index in [1.54, 1.807) is 11.8 Å². The number of hydrogen-bond acceptors (Lipinski definition) is 6.